The Morgan fingerprint density at radius 2 is 1.85 bits per heavy atom. The molecule has 102 valence electrons. The van der Waals surface area contributed by atoms with E-state index in [1.54, 1.807) is 22.9 Å². The molecule has 2 aromatic carbocycles. The van der Waals surface area contributed by atoms with E-state index in [0.717, 1.165) is 10.9 Å². The number of para-hydroxylation sites is 1. The number of aryl methyl sites for hydroxylation is 1. The van der Waals surface area contributed by atoms with Gasteiger partial charge in [-0.3, -0.25) is 4.68 Å². The van der Waals surface area contributed by atoms with Gasteiger partial charge in [-0.1, -0.05) is 36.4 Å². The van der Waals surface area contributed by atoms with Gasteiger partial charge in [-0.2, -0.15) is 5.10 Å². The molecule has 1 N–H and O–H groups in total. The van der Waals surface area contributed by atoms with E-state index in [0.29, 0.717) is 11.3 Å². The summed E-state index contributed by atoms with van der Waals surface area (Å²) in [6.07, 6.45) is -0.605. The maximum absolute atomic E-state index is 13.6. The van der Waals surface area contributed by atoms with Crippen LogP contribution in [0.15, 0.2) is 48.5 Å². The lowest BCUT2D eigenvalue weighted by Gasteiger charge is -2.09. The van der Waals surface area contributed by atoms with E-state index < -0.39 is 6.10 Å². The molecular formula is C16H15FN2O. The zero-order valence-electron chi connectivity index (χ0n) is 11.1. The molecule has 1 atom stereocenters. The fourth-order valence-electron chi connectivity index (χ4n) is 2.46. The highest BCUT2D eigenvalue weighted by atomic mass is 19.1. The smallest absolute Gasteiger partial charge is 0.126 e. The number of halogens is 1. The predicted octanol–water partition coefficient (Wildman–Crippen LogP) is 2.99. The Labute approximate surface area is 116 Å². The monoisotopic (exact) mass is 270 g/mol. The van der Waals surface area contributed by atoms with E-state index in [4.69, 9.17) is 0 Å². The van der Waals surface area contributed by atoms with Crippen molar-refractivity contribution in [2.75, 3.05) is 0 Å². The number of hydrogen-bond donors (Lipinski definition) is 1. The quantitative estimate of drug-likeness (QED) is 0.794. The fraction of sp³-hybridized carbons (Fsp3) is 0.188. The van der Waals surface area contributed by atoms with Crippen molar-refractivity contribution in [3.05, 3.63) is 65.6 Å². The van der Waals surface area contributed by atoms with E-state index in [1.165, 1.54) is 6.07 Å². The van der Waals surface area contributed by atoms with E-state index >= 15 is 0 Å². The standard InChI is InChI=1S/C16H15FN2O/c1-19-14-9-5-3-7-12(14)16(18-19)15(20)10-11-6-2-4-8-13(11)17/h2-9,15,20H,10H2,1H3. The lowest BCUT2D eigenvalue weighted by Crippen LogP contribution is -2.05. The van der Waals surface area contributed by atoms with Crippen molar-refractivity contribution in [2.24, 2.45) is 7.05 Å². The highest BCUT2D eigenvalue weighted by Gasteiger charge is 2.18. The molecule has 0 bridgehead atoms. The second-order valence-corrected chi connectivity index (χ2v) is 4.84. The first kappa shape index (κ1) is 12.8. The third-order valence-corrected chi connectivity index (χ3v) is 3.47. The first-order valence-electron chi connectivity index (χ1n) is 6.50. The van der Waals surface area contributed by atoms with Gasteiger partial charge in [0.1, 0.15) is 11.9 Å². The highest BCUT2D eigenvalue weighted by molar-refractivity contribution is 5.82. The number of aromatic nitrogens is 2. The molecule has 4 heteroatoms. The zero-order valence-corrected chi connectivity index (χ0v) is 11.1. The van der Waals surface area contributed by atoms with Gasteiger partial charge in [0, 0.05) is 18.9 Å². The molecule has 0 amide bonds. The van der Waals surface area contributed by atoms with E-state index in [9.17, 15) is 9.50 Å². The lowest BCUT2D eigenvalue weighted by molar-refractivity contribution is 0.173. The van der Waals surface area contributed by atoms with Crippen molar-refractivity contribution in [3.63, 3.8) is 0 Å². The number of nitrogens with zero attached hydrogens (tertiary/aromatic N) is 2. The Kier molecular flexibility index (Phi) is 3.24. The van der Waals surface area contributed by atoms with E-state index in [-0.39, 0.29) is 12.2 Å². The average Bonchev–Trinajstić information content (AvgIpc) is 2.79. The van der Waals surface area contributed by atoms with Gasteiger partial charge < -0.3 is 5.11 Å². The van der Waals surface area contributed by atoms with Gasteiger partial charge >= 0.3 is 0 Å². The summed E-state index contributed by atoms with van der Waals surface area (Å²) in [6, 6.07) is 14.2. The molecule has 3 nitrogen and oxygen atoms in total. The fourth-order valence-corrected chi connectivity index (χ4v) is 2.46. The van der Waals surface area contributed by atoms with Gasteiger partial charge in [-0.25, -0.2) is 4.39 Å². The number of hydrogen-bond acceptors (Lipinski definition) is 2. The van der Waals surface area contributed by atoms with Crippen LogP contribution in [-0.4, -0.2) is 14.9 Å². The van der Waals surface area contributed by atoms with Crippen LogP contribution >= 0.6 is 0 Å². The summed E-state index contributed by atoms with van der Waals surface area (Å²) in [6.45, 7) is 0. The molecule has 0 aliphatic carbocycles. The molecule has 0 spiro atoms. The molecule has 0 aliphatic heterocycles. The van der Waals surface area contributed by atoms with Crippen LogP contribution in [0, 0.1) is 5.82 Å². The Morgan fingerprint density at radius 3 is 2.65 bits per heavy atom. The van der Waals surface area contributed by atoms with Crippen molar-refractivity contribution in [2.45, 2.75) is 12.5 Å². The number of fused-ring (bicyclic) bond motifs is 1. The second kappa shape index (κ2) is 5.06. The Hall–Kier alpha value is -2.20. The van der Waals surface area contributed by atoms with Crippen LogP contribution in [0.1, 0.15) is 17.4 Å². The maximum Gasteiger partial charge on any atom is 0.126 e. The summed E-state index contributed by atoms with van der Waals surface area (Å²) < 4.78 is 15.4. The van der Waals surface area contributed by atoms with Crippen LogP contribution in [0.4, 0.5) is 4.39 Å². The van der Waals surface area contributed by atoms with Gasteiger partial charge in [-0.15, -0.1) is 0 Å². The first-order chi connectivity index (χ1) is 9.66. The molecule has 3 aromatic rings. The molecule has 20 heavy (non-hydrogen) atoms. The van der Waals surface area contributed by atoms with Crippen LogP contribution in [0.25, 0.3) is 10.9 Å². The minimum atomic E-state index is -0.821. The second-order valence-electron chi connectivity index (χ2n) is 4.84. The summed E-state index contributed by atoms with van der Waals surface area (Å²) in [4.78, 5) is 0. The first-order valence-corrected chi connectivity index (χ1v) is 6.50. The van der Waals surface area contributed by atoms with Crippen molar-refractivity contribution in [1.82, 2.24) is 9.78 Å². The van der Waals surface area contributed by atoms with Crippen LogP contribution < -0.4 is 0 Å². The van der Waals surface area contributed by atoms with Gasteiger partial charge in [0.2, 0.25) is 0 Å². The van der Waals surface area contributed by atoms with Crippen molar-refractivity contribution >= 4 is 10.9 Å². The summed E-state index contributed by atoms with van der Waals surface area (Å²) in [7, 11) is 1.83. The molecule has 1 aromatic heterocycles. The predicted molar refractivity (Wildman–Crippen MR) is 75.8 cm³/mol. The zero-order chi connectivity index (χ0) is 14.1. The van der Waals surface area contributed by atoms with Gasteiger partial charge in [-0.05, 0) is 17.7 Å². The molecule has 1 unspecified atom stereocenters. The molecule has 3 rings (SSSR count). The number of aliphatic hydroxyl groups is 1. The molecular weight excluding hydrogens is 255 g/mol. The van der Waals surface area contributed by atoms with Crippen molar-refractivity contribution < 1.29 is 9.50 Å². The van der Waals surface area contributed by atoms with Crippen LogP contribution in [0.2, 0.25) is 0 Å². The number of benzene rings is 2. The molecule has 0 fully saturated rings. The number of rotatable bonds is 3. The Morgan fingerprint density at radius 1 is 1.15 bits per heavy atom. The Bertz CT molecular complexity index is 751. The Balaban J connectivity index is 1.97. The highest BCUT2D eigenvalue weighted by Crippen LogP contribution is 2.26. The van der Waals surface area contributed by atoms with Gasteiger partial charge in [0.25, 0.3) is 0 Å². The van der Waals surface area contributed by atoms with Crippen molar-refractivity contribution in [3.8, 4) is 0 Å². The lowest BCUT2D eigenvalue weighted by atomic mass is 10.0. The summed E-state index contributed by atoms with van der Waals surface area (Å²) in [5.74, 6) is -0.299. The van der Waals surface area contributed by atoms with Crippen LogP contribution in [0.3, 0.4) is 0 Å². The van der Waals surface area contributed by atoms with Crippen LogP contribution in [0.5, 0.6) is 0 Å². The summed E-state index contributed by atoms with van der Waals surface area (Å²) in [5.41, 5.74) is 2.04. The molecule has 0 saturated heterocycles. The van der Waals surface area contributed by atoms with Gasteiger partial charge in [0.15, 0.2) is 0 Å². The third kappa shape index (κ3) is 2.18. The summed E-state index contributed by atoms with van der Waals surface area (Å²) in [5, 5.41) is 15.6. The molecule has 0 saturated carbocycles. The average molecular weight is 270 g/mol. The minimum Gasteiger partial charge on any atom is -0.386 e. The SMILES string of the molecule is Cn1nc(C(O)Cc2ccccc2F)c2ccccc21. The maximum atomic E-state index is 13.6. The largest absolute Gasteiger partial charge is 0.386 e. The topological polar surface area (TPSA) is 38.0 Å². The number of aliphatic hydroxyl groups excluding tert-OH is 1. The normalized spacial score (nSPS) is 12.8. The minimum absolute atomic E-state index is 0.216. The third-order valence-electron chi connectivity index (χ3n) is 3.47. The molecule has 0 radical (unpaired) electrons. The molecule has 1 heterocycles. The van der Waals surface area contributed by atoms with Crippen molar-refractivity contribution in [1.29, 1.82) is 0 Å². The van der Waals surface area contributed by atoms with Gasteiger partial charge in [0.05, 0.1) is 11.2 Å². The van der Waals surface area contributed by atoms with E-state index in [2.05, 4.69) is 5.10 Å². The van der Waals surface area contributed by atoms with Crippen LogP contribution in [-0.2, 0) is 13.5 Å². The van der Waals surface area contributed by atoms with E-state index in [1.807, 2.05) is 31.3 Å². The summed E-state index contributed by atoms with van der Waals surface area (Å²) >= 11 is 0. The molecule has 0 aliphatic rings.